The number of likely N-dealkylation sites (N-methyl/N-ethyl adjacent to an activating group) is 1. The molecular weight excluding hydrogens is 240 g/mol. The second kappa shape index (κ2) is 4.19. The Morgan fingerprint density at radius 3 is 2.58 bits per heavy atom. The first kappa shape index (κ1) is 14.8. The zero-order valence-electron chi connectivity index (χ0n) is 13.1. The third-order valence-electron chi connectivity index (χ3n) is 5.89. The Balaban J connectivity index is 2.28. The van der Waals surface area contributed by atoms with Crippen molar-refractivity contribution >= 4 is 5.91 Å². The summed E-state index contributed by atoms with van der Waals surface area (Å²) in [5.41, 5.74) is 5.36. The SMILES string of the molecule is CCC(C)(C)N(C)C(=O)C1(N)C2CCOC2C1(C)C. The maximum Gasteiger partial charge on any atom is 0.243 e. The van der Waals surface area contributed by atoms with Crippen molar-refractivity contribution in [1.29, 1.82) is 0 Å². The van der Waals surface area contributed by atoms with Crippen molar-refractivity contribution in [2.24, 2.45) is 17.1 Å². The molecular formula is C15H28N2O2. The minimum absolute atomic E-state index is 0.0658. The lowest BCUT2D eigenvalue weighted by Gasteiger charge is -2.62. The highest BCUT2D eigenvalue weighted by Crippen LogP contribution is 2.58. The average Bonchev–Trinajstić information content (AvgIpc) is 2.83. The third kappa shape index (κ3) is 1.69. The number of nitrogens with two attached hydrogens (primary N) is 1. The van der Waals surface area contributed by atoms with E-state index < -0.39 is 5.54 Å². The smallest absolute Gasteiger partial charge is 0.243 e. The minimum atomic E-state index is -0.782. The van der Waals surface area contributed by atoms with Crippen LogP contribution in [0.4, 0.5) is 0 Å². The summed E-state index contributed by atoms with van der Waals surface area (Å²) in [4.78, 5) is 14.8. The molecule has 3 unspecified atom stereocenters. The third-order valence-corrected chi connectivity index (χ3v) is 5.89. The predicted molar refractivity (Wildman–Crippen MR) is 75.7 cm³/mol. The lowest BCUT2D eigenvalue weighted by molar-refractivity contribution is -0.187. The molecule has 1 saturated heterocycles. The van der Waals surface area contributed by atoms with E-state index in [1.54, 1.807) is 0 Å². The zero-order valence-corrected chi connectivity index (χ0v) is 13.1. The van der Waals surface area contributed by atoms with Gasteiger partial charge in [-0.1, -0.05) is 20.8 Å². The minimum Gasteiger partial charge on any atom is -0.377 e. The van der Waals surface area contributed by atoms with Crippen molar-refractivity contribution in [2.75, 3.05) is 13.7 Å². The van der Waals surface area contributed by atoms with Gasteiger partial charge in [-0.15, -0.1) is 0 Å². The average molecular weight is 268 g/mol. The number of amides is 1. The normalized spacial score (nSPS) is 36.6. The van der Waals surface area contributed by atoms with E-state index in [2.05, 4.69) is 34.6 Å². The Morgan fingerprint density at radius 1 is 1.47 bits per heavy atom. The van der Waals surface area contributed by atoms with Gasteiger partial charge in [-0.05, 0) is 26.7 Å². The summed E-state index contributed by atoms with van der Waals surface area (Å²) in [5, 5.41) is 0. The molecule has 1 heterocycles. The number of fused-ring (bicyclic) bond motifs is 1. The van der Waals surface area contributed by atoms with E-state index >= 15 is 0 Å². The van der Waals surface area contributed by atoms with E-state index in [1.165, 1.54) is 0 Å². The molecule has 0 bridgehead atoms. The molecule has 1 aliphatic heterocycles. The van der Waals surface area contributed by atoms with Crippen LogP contribution in [-0.2, 0) is 9.53 Å². The fourth-order valence-corrected chi connectivity index (χ4v) is 3.61. The molecule has 0 radical (unpaired) electrons. The molecule has 2 aliphatic rings. The summed E-state index contributed by atoms with van der Waals surface area (Å²) in [6.07, 6.45) is 1.95. The number of hydrogen-bond acceptors (Lipinski definition) is 3. The van der Waals surface area contributed by atoms with Crippen LogP contribution in [0.3, 0.4) is 0 Å². The quantitative estimate of drug-likeness (QED) is 0.849. The molecule has 4 nitrogen and oxygen atoms in total. The topological polar surface area (TPSA) is 55.6 Å². The molecule has 2 fully saturated rings. The molecule has 3 atom stereocenters. The standard InChI is InChI=1S/C15H28N2O2/c1-7-13(2,3)17(6)12(18)15(16)10-8-9-19-11(10)14(15,4)5/h10-11H,7-9,16H2,1-6H3. The Kier molecular flexibility index (Phi) is 3.26. The van der Waals surface area contributed by atoms with Gasteiger partial charge in [0.15, 0.2) is 0 Å². The van der Waals surface area contributed by atoms with Crippen LogP contribution in [0.5, 0.6) is 0 Å². The zero-order chi connectivity index (χ0) is 14.6. The fourth-order valence-electron chi connectivity index (χ4n) is 3.61. The van der Waals surface area contributed by atoms with Gasteiger partial charge < -0.3 is 15.4 Å². The second-order valence-corrected chi connectivity index (χ2v) is 7.31. The van der Waals surface area contributed by atoms with Crippen LogP contribution in [0, 0.1) is 11.3 Å². The first-order valence-corrected chi connectivity index (χ1v) is 7.29. The maximum atomic E-state index is 13.0. The highest BCUT2D eigenvalue weighted by molar-refractivity contribution is 5.90. The number of rotatable bonds is 3. The van der Waals surface area contributed by atoms with Gasteiger partial charge in [0.1, 0.15) is 5.54 Å². The lowest BCUT2D eigenvalue weighted by Crippen LogP contribution is -2.81. The van der Waals surface area contributed by atoms with Gasteiger partial charge in [0.05, 0.1) is 6.10 Å². The van der Waals surface area contributed by atoms with Crippen molar-refractivity contribution in [1.82, 2.24) is 4.90 Å². The van der Waals surface area contributed by atoms with Crippen LogP contribution in [-0.4, -0.2) is 41.6 Å². The summed E-state index contributed by atoms with van der Waals surface area (Å²) < 4.78 is 5.75. The molecule has 4 heteroatoms. The van der Waals surface area contributed by atoms with E-state index in [-0.39, 0.29) is 28.9 Å². The first-order chi connectivity index (χ1) is 8.60. The van der Waals surface area contributed by atoms with Crippen LogP contribution in [0.15, 0.2) is 0 Å². The monoisotopic (exact) mass is 268 g/mol. The molecule has 1 aliphatic carbocycles. The van der Waals surface area contributed by atoms with Crippen molar-refractivity contribution in [3.05, 3.63) is 0 Å². The summed E-state index contributed by atoms with van der Waals surface area (Å²) in [6, 6.07) is 0. The number of nitrogens with zero attached hydrogens (tertiary/aromatic N) is 1. The first-order valence-electron chi connectivity index (χ1n) is 7.29. The summed E-state index contributed by atoms with van der Waals surface area (Å²) in [6.45, 7) is 11.1. The van der Waals surface area contributed by atoms with Gasteiger partial charge in [-0.2, -0.15) is 0 Å². The number of ether oxygens (including phenoxy) is 1. The van der Waals surface area contributed by atoms with E-state index in [1.807, 2.05) is 11.9 Å². The molecule has 1 saturated carbocycles. The number of hydrogen-bond donors (Lipinski definition) is 1. The molecule has 0 spiro atoms. The summed E-state index contributed by atoms with van der Waals surface area (Å²) >= 11 is 0. The van der Waals surface area contributed by atoms with Crippen LogP contribution in [0.1, 0.15) is 47.5 Å². The molecule has 0 aromatic rings. The molecule has 2 rings (SSSR count). The van der Waals surface area contributed by atoms with Crippen LogP contribution >= 0.6 is 0 Å². The van der Waals surface area contributed by atoms with E-state index in [0.717, 1.165) is 19.4 Å². The van der Waals surface area contributed by atoms with E-state index in [4.69, 9.17) is 10.5 Å². The van der Waals surface area contributed by atoms with Gasteiger partial charge >= 0.3 is 0 Å². The van der Waals surface area contributed by atoms with Gasteiger partial charge in [0.25, 0.3) is 0 Å². The van der Waals surface area contributed by atoms with Crippen molar-refractivity contribution in [3.8, 4) is 0 Å². The fraction of sp³-hybridized carbons (Fsp3) is 0.933. The molecule has 0 aromatic heterocycles. The van der Waals surface area contributed by atoms with Gasteiger partial charge in [0, 0.05) is 30.5 Å². The molecule has 110 valence electrons. The lowest BCUT2D eigenvalue weighted by atomic mass is 9.47. The molecule has 19 heavy (non-hydrogen) atoms. The van der Waals surface area contributed by atoms with Crippen LogP contribution in [0.25, 0.3) is 0 Å². The largest absolute Gasteiger partial charge is 0.377 e. The molecule has 1 amide bonds. The number of carbonyl (C=O) groups excluding carboxylic acids is 1. The second-order valence-electron chi connectivity index (χ2n) is 7.31. The van der Waals surface area contributed by atoms with Gasteiger partial charge in [0.2, 0.25) is 5.91 Å². The Bertz CT molecular complexity index is 392. The Hall–Kier alpha value is -0.610. The van der Waals surface area contributed by atoms with Gasteiger partial charge in [-0.25, -0.2) is 0 Å². The highest BCUT2D eigenvalue weighted by atomic mass is 16.5. The van der Waals surface area contributed by atoms with Gasteiger partial charge in [-0.3, -0.25) is 4.79 Å². The van der Waals surface area contributed by atoms with Crippen molar-refractivity contribution in [2.45, 2.75) is 64.6 Å². The summed E-state index contributed by atoms with van der Waals surface area (Å²) in [7, 11) is 1.87. The van der Waals surface area contributed by atoms with Crippen LogP contribution in [0.2, 0.25) is 0 Å². The Labute approximate surface area is 116 Å². The molecule has 2 N–H and O–H groups in total. The maximum absolute atomic E-state index is 13.0. The Morgan fingerprint density at radius 2 is 2.05 bits per heavy atom. The predicted octanol–water partition coefficient (Wildman–Crippen LogP) is 1.78. The van der Waals surface area contributed by atoms with E-state index in [9.17, 15) is 4.79 Å². The van der Waals surface area contributed by atoms with E-state index in [0.29, 0.717) is 0 Å². The number of carbonyl (C=O) groups is 1. The van der Waals surface area contributed by atoms with Crippen molar-refractivity contribution < 1.29 is 9.53 Å². The summed E-state index contributed by atoms with van der Waals surface area (Å²) in [5.74, 6) is 0.237. The highest BCUT2D eigenvalue weighted by Gasteiger charge is 2.72. The van der Waals surface area contributed by atoms with Crippen molar-refractivity contribution in [3.63, 3.8) is 0 Å². The van der Waals surface area contributed by atoms with Crippen LogP contribution < -0.4 is 5.73 Å². The molecule has 0 aromatic carbocycles.